The molecule has 0 saturated carbocycles. The number of ether oxygens (including phenoxy) is 2. The zero-order valence-electron chi connectivity index (χ0n) is 8.57. The summed E-state index contributed by atoms with van der Waals surface area (Å²) in [4.78, 5) is 1.21. The van der Waals surface area contributed by atoms with Crippen LogP contribution in [0.4, 0.5) is 0 Å². The Morgan fingerprint density at radius 3 is 3.00 bits per heavy atom. The minimum atomic E-state index is -0.214. The highest BCUT2D eigenvalue weighted by Crippen LogP contribution is 2.44. The van der Waals surface area contributed by atoms with Crippen molar-refractivity contribution in [3.63, 3.8) is 0 Å². The molecule has 0 aliphatic carbocycles. The van der Waals surface area contributed by atoms with Crippen LogP contribution in [-0.2, 0) is 14.9 Å². The highest BCUT2D eigenvalue weighted by Gasteiger charge is 2.41. The fraction of sp³-hybridized carbons (Fsp3) is 0.636. The maximum Gasteiger partial charge on any atom is 0.141 e. The van der Waals surface area contributed by atoms with Gasteiger partial charge in [0.05, 0.1) is 11.5 Å². The van der Waals surface area contributed by atoms with Crippen LogP contribution in [0.3, 0.4) is 0 Å². The topological polar surface area (TPSA) is 44.5 Å². The van der Waals surface area contributed by atoms with E-state index in [0.717, 1.165) is 32.7 Å². The van der Waals surface area contributed by atoms with E-state index in [2.05, 4.69) is 11.4 Å². The molecule has 1 aromatic rings. The first-order valence-electron chi connectivity index (χ1n) is 5.35. The molecule has 1 spiro atoms. The first kappa shape index (κ1) is 9.78. The summed E-state index contributed by atoms with van der Waals surface area (Å²) in [6.45, 7) is 2.43. The van der Waals surface area contributed by atoms with Gasteiger partial charge in [0.25, 0.3) is 0 Å². The Kier molecular flexibility index (Phi) is 2.32. The van der Waals surface area contributed by atoms with Gasteiger partial charge in [-0.1, -0.05) is 0 Å². The lowest BCUT2D eigenvalue weighted by molar-refractivity contribution is -0.0412. The number of thiophene rings is 1. The van der Waals surface area contributed by atoms with E-state index in [4.69, 9.17) is 15.2 Å². The standard InChI is InChI=1S/C11H15NO2S/c12-10-9-8(1-6-15-9)11(7-14-10)2-4-13-5-3-11/h1,6,10H,2-5,7,12H2/t10-/m1/s1. The van der Waals surface area contributed by atoms with Gasteiger partial charge >= 0.3 is 0 Å². The van der Waals surface area contributed by atoms with Gasteiger partial charge in [0, 0.05) is 18.6 Å². The van der Waals surface area contributed by atoms with Gasteiger partial charge in [0.2, 0.25) is 0 Å². The monoisotopic (exact) mass is 225 g/mol. The molecule has 1 aromatic heterocycles. The van der Waals surface area contributed by atoms with Crippen LogP contribution in [0, 0.1) is 0 Å². The zero-order valence-corrected chi connectivity index (χ0v) is 9.39. The first-order chi connectivity index (χ1) is 7.32. The lowest BCUT2D eigenvalue weighted by atomic mass is 9.74. The molecule has 82 valence electrons. The van der Waals surface area contributed by atoms with Crippen molar-refractivity contribution < 1.29 is 9.47 Å². The lowest BCUT2D eigenvalue weighted by Gasteiger charge is -2.41. The Balaban J connectivity index is 2.02. The number of hydrogen-bond donors (Lipinski definition) is 1. The fourth-order valence-corrected chi connectivity index (χ4v) is 3.52. The van der Waals surface area contributed by atoms with Gasteiger partial charge in [-0.25, -0.2) is 0 Å². The van der Waals surface area contributed by atoms with Gasteiger partial charge in [-0.3, -0.25) is 0 Å². The molecule has 0 bridgehead atoms. The van der Waals surface area contributed by atoms with Crippen molar-refractivity contribution in [3.05, 3.63) is 21.9 Å². The van der Waals surface area contributed by atoms with Crippen LogP contribution < -0.4 is 5.73 Å². The Labute approximate surface area is 93.2 Å². The molecule has 1 saturated heterocycles. The summed E-state index contributed by atoms with van der Waals surface area (Å²) in [6.07, 6.45) is 1.90. The van der Waals surface area contributed by atoms with Crippen molar-refractivity contribution in [3.8, 4) is 0 Å². The van der Waals surface area contributed by atoms with E-state index >= 15 is 0 Å². The molecule has 3 rings (SSSR count). The van der Waals surface area contributed by atoms with E-state index < -0.39 is 0 Å². The normalized spacial score (nSPS) is 29.0. The quantitative estimate of drug-likeness (QED) is 0.732. The highest BCUT2D eigenvalue weighted by atomic mass is 32.1. The largest absolute Gasteiger partial charge is 0.381 e. The molecule has 15 heavy (non-hydrogen) atoms. The molecule has 1 atom stereocenters. The number of hydrogen-bond acceptors (Lipinski definition) is 4. The summed E-state index contributed by atoms with van der Waals surface area (Å²) < 4.78 is 11.1. The van der Waals surface area contributed by atoms with Gasteiger partial charge in [-0.05, 0) is 29.9 Å². The third-order valence-corrected chi connectivity index (χ3v) is 4.49. The predicted octanol–water partition coefficient (Wildman–Crippen LogP) is 1.78. The van der Waals surface area contributed by atoms with Gasteiger partial charge in [-0.2, -0.15) is 0 Å². The van der Waals surface area contributed by atoms with Gasteiger partial charge in [0.15, 0.2) is 0 Å². The zero-order chi connectivity index (χ0) is 10.3. The SMILES string of the molecule is N[C@@H]1OCC2(CCOCC2)c2ccsc21. The third kappa shape index (κ3) is 1.44. The molecule has 2 N–H and O–H groups in total. The van der Waals surface area contributed by atoms with Crippen LogP contribution in [-0.4, -0.2) is 19.8 Å². The summed E-state index contributed by atoms with van der Waals surface area (Å²) in [7, 11) is 0. The maximum absolute atomic E-state index is 5.94. The van der Waals surface area contributed by atoms with E-state index in [-0.39, 0.29) is 11.6 Å². The van der Waals surface area contributed by atoms with E-state index in [0.29, 0.717) is 0 Å². The average molecular weight is 225 g/mol. The average Bonchev–Trinajstić information content (AvgIpc) is 2.76. The van der Waals surface area contributed by atoms with Crippen molar-refractivity contribution in [2.24, 2.45) is 5.73 Å². The van der Waals surface area contributed by atoms with E-state index in [1.807, 2.05) is 0 Å². The number of rotatable bonds is 0. The summed E-state index contributed by atoms with van der Waals surface area (Å²) in [5.41, 5.74) is 7.53. The minimum Gasteiger partial charge on any atom is -0.381 e. The first-order valence-corrected chi connectivity index (χ1v) is 6.23. The molecule has 4 heteroatoms. The molecule has 3 heterocycles. The second-order valence-corrected chi connectivity index (χ2v) is 5.27. The van der Waals surface area contributed by atoms with Crippen molar-refractivity contribution in [2.75, 3.05) is 19.8 Å². The van der Waals surface area contributed by atoms with Crippen molar-refractivity contribution in [1.29, 1.82) is 0 Å². The lowest BCUT2D eigenvalue weighted by Crippen LogP contribution is -2.43. The summed E-state index contributed by atoms with van der Waals surface area (Å²) >= 11 is 1.71. The molecular weight excluding hydrogens is 210 g/mol. The van der Waals surface area contributed by atoms with Crippen LogP contribution in [0.15, 0.2) is 11.4 Å². The van der Waals surface area contributed by atoms with Crippen molar-refractivity contribution in [2.45, 2.75) is 24.5 Å². The van der Waals surface area contributed by atoms with Crippen molar-refractivity contribution in [1.82, 2.24) is 0 Å². The molecule has 0 radical (unpaired) electrons. The number of nitrogens with two attached hydrogens (primary N) is 1. The molecular formula is C11H15NO2S. The maximum atomic E-state index is 5.94. The molecule has 3 nitrogen and oxygen atoms in total. The Morgan fingerprint density at radius 1 is 1.40 bits per heavy atom. The summed E-state index contributed by atoms with van der Waals surface area (Å²) in [5.74, 6) is 0. The molecule has 2 aliphatic rings. The Morgan fingerprint density at radius 2 is 2.20 bits per heavy atom. The molecule has 0 unspecified atom stereocenters. The van der Waals surface area contributed by atoms with E-state index in [1.165, 1.54) is 10.4 Å². The van der Waals surface area contributed by atoms with Crippen LogP contribution >= 0.6 is 11.3 Å². The molecule has 0 aromatic carbocycles. The van der Waals surface area contributed by atoms with Gasteiger partial charge in [0.1, 0.15) is 6.23 Å². The molecule has 1 fully saturated rings. The third-order valence-electron chi connectivity index (χ3n) is 3.51. The second kappa shape index (κ2) is 3.56. The van der Waals surface area contributed by atoms with Crippen LogP contribution in [0.5, 0.6) is 0 Å². The molecule has 2 aliphatic heterocycles. The summed E-state index contributed by atoms with van der Waals surface area (Å²) in [5, 5.41) is 2.12. The fourth-order valence-electron chi connectivity index (χ4n) is 2.56. The smallest absolute Gasteiger partial charge is 0.141 e. The number of fused-ring (bicyclic) bond motifs is 2. The highest BCUT2D eigenvalue weighted by molar-refractivity contribution is 7.10. The summed E-state index contributed by atoms with van der Waals surface area (Å²) in [6, 6.07) is 2.22. The predicted molar refractivity (Wildman–Crippen MR) is 58.9 cm³/mol. The van der Waals surface area contributed by atoms with E-state index in [9.17, 15) is 0 Å². The Hall–Kier alpha value is -0.420. The minimum absolute atomic E-state index is 0.184. The van der Waals surface area contributed by atoms with Crippen LogP contribution in [0.25, 0.3) is 0 Å². The second-order valence-electron chi connectivity index (χ2n) is 4.32. The van der Waals surface area contributed by atoms with Crippen LogP contribution in [0.2, 0.25) is 0 Å². The van der Waals surface area contributed by atoms with Crippen LogP contribution in [0.1, 0.15) is 29.5 Å². The van der Waals surface area contributed by atoms with Gasteiger partial charge in [-0.15, -0.1) is 11.3 Å². The van der Waals surface area contributed by atoms with Crippen molar-refractivity contribution >= 4 is 11.3 Å². The van der Waals surface area contributed by atoms with E-state index in [1.54, 1.807) is 11.3 Å². The Bertz CT molecular complexity index is 357. The molecule has 0 amide bonds. The van der Waals surface area contributed by atoms with Gasteiger partial charge < -0.3 is 15.2 Å².